The third-order valence-electron chi connectivity index (χ3n) is 7.25. The minimum Gasteiger partial charge on any atom is -0.497 e. The number of hydrogen-bond donors (Lipinski definition) is 1. The second-order valence-electron chi connectivity index (χ2n) is 10.4. The van der Waals surface area contributed by atoms with Crippen molar-refractivity contribution in [2.24, 2.45) is 5.92 Å². The Labute approximate surface area is 260 Å². The van der Waals surface area contributed by atoms with Crippen LogP contribution >= 0.6 is 23.1 Å². The molecule has 0 spiro atoms. The molecule has 1 aliphatic rings. The molecule has 222 valence electrons. The number of nitrogens with one attached hydrogen (secondary N) is 1. The molecule has 10 heteroatoms. The Morgan fingerprint density at radius 1 is 1.05 bits per heavy atom. The number of aryl methyl sites for hydroxylation is 2. The van der Waals surface area contributed by atoms with E-state index < -0.39 is 6.04 Å². The first-order chi connectivity index (χ1) is 20.9. The zero-order valence-electron chi connectivity index (χ0n) is 24.5. The number of amides is 2. The van der Waals surface area contributed by atoms with Crippen LogP contribution in [0.3, 0.4) is 0 Å². The summed E-state index contributed by atoms with van der Waals surface area (Å²) in [6.45, 7) is 4.05. The summed E-state index contributed by atoms with van der Waals surface area (Å²) >= 11 is 2.79. The highest BCUT2D eigenvalue weighted by atomic mass is 32.2. The summed E-state index contributed by atoms with van der Waals surface area (Å²) in [4.78, 5) is 43.8. The van der Waals surface area contributed by atoms with Gasteiger partial charge in [-0.05, 0) is 69.4 Å². The predicted octanol–water partition coefficient (Wildman–Crippen LogP) is 6.71. The molecule has 4 aromatic rings. The first kappa shape index (κ1) is 30.4. The van der Waals surface area contributed by atoms with Crippen molar-refractivity contribution in [3.8, 4) is 17.0 Å². The van der Waals surface area contributed by atoms with Crippen molar-refractivity contribution >= 4 is 40.6 Å². The van der Waals surface area contributed by atoms with Gasteiger partial charge in [0, 0.05) is 28.0 Å². The van der Waals surface area contributed by atoms with Gasteiger partial charge in [-0.1, -0.05) is 54.2 Å². The zero-order valence-corrected chi connectivity index (χ0v) is 26.2. The van der Waals surface area contributed by atoms with Crippen LogP contribution in [0.4, 0.5) is 5.69 Å². The number of anilines is 1. The number of ether oxygens (including phenoxy) is 1. The predicted molar refractivity (Wildman–Crippen MR) is 172 cm³/mol. The van der Waals surface area contributed by atoms with Gasteiger partial charge in [0.1, 0.15) is 16.8 Å². The average molecular weight is 614 g/mol. The van der Waals surface area contributed by atoms with E-state index in [4.69, 9.17) is 9.72 Å². The Bertz CT molecular complexity index is 1550. The Morgan fingerprint density at radius 2 is 1.79 bits per heavy atom. The molecule has 2 aromatic heterocycles. The molecule has 1 aliphatic carbocycles. The molecule has 0 saturated carbocycles. The van der Waals surface area contributed by atoms with E-state index in [1.807, 2.05) is 55.6 Å². The lowest BCUT2D eigenvalue weighted by Crippen LogP contribution is -2.51. The SMILES string of the molecule is COc1ccc(NC(=O)[C@H]([C@@H]2CC=CCC2)N(Cc2nc(-c3ccccc3)cs2)C(=O)CSc2nc(C)cc(C)n2)cc1. The molecule has 2 amide bonds. The summed E-state index contributed by atoms with van der Waals surface area (Å²) < 4.78 is 5.27. The van der Waals surface area contributed by atoms with Gasteiger partial charge < -0.3 is 15.0 Å². The fourth-order valence-corrected chi connectivity index (χ4v) is 6.82. The van der Waals surface area contributed by atoms with Crippen LogP contribution in [0.2, 0.25) is 0 Å². The first-order valence-electron chi connectivity index (χ1n) is 14.2. The molecule has 1 N–H and O–H groups in total. The van der Waals surface area contributed by atoms with Crippen LogP contribution in [0.1, 0.15) is 35.7 Å². The maximum absolute atomic E-state index is 14.1. The summed E-state index contributed by atoms with van der Waals surface area (Å²) in [6.07, 6.45) is 6.63. The highest BCUT2D eigenvalue weighted by Gasteiger charge is 2.37. The topological polar surface area (TPSA) is 97.3 Å². The summed E-state index contributed by atoms with van der Waals surface area (Å²) in [5.41, 5.74) is 4.21. The molecule has 2 atom stereocenters. The minimum atomic E-state index is -0.690. The van der Waals surface area contributed by atoms with Crippen molar-refractivity contribution in [2.45, 2.75) is 50.9 Å². The normalized spacial score (nSPS) is 15.1. The number of allylic oxidation sites excluding steroid dienone is 2. The number of aromatic nitrogens is 3. The maximum Gasteiger partial charge on any atom is 0.247 e. The van der Waals surface area contributed by atoms with Crippen LogP contribution in [0.15, 0.2) is 83.4 Å². The van der Waals surface area contributed by atoms with Gasteiger partial charge in [0.2, 0.25) is 11.8 Å². The highest BCUT2D eigenvalue weighted by molar-refractivity contribution is 7.99. The largest absolute Gasteiger partial charge is 0.497 e. The van der Waals surface area contributed by atoms with E-state index in [0.717, 1.165) is 40.5 Å². The van der Waals surface area contributed by atoms with E-state index in [2.05, 4.69) is 27.4 Å². The second kappa shape index (κ2) is 14.4. The molecular formula is C33H35N5O3S2. The number of methoxy groups -OCH3 is 1. The van der Waals surface area contributed by atoms with E-state index in [-0.39, 0.29) is 30.0 Å². The molecule has 0 aliphatic heterocycles. The van der Waals surface area contributed by atoms with Gasteiger partial charge >= 0.3 is 0 Å². The van der Waals surface area contributed by atoms with Gasteiger partial charge in [-0.3, -0.25) is 9.59 Å². The van der Waals surface area contributed by atoms with E-state index >= 15 is 0 Å². The molecule has 0 fully saturated rings. The van der Waals surface area contributed by atoms with Crippen LogP contribution in [-0.4, -0.2) is 50.6 Å². The minimum absolute atomic E-state index is 0.0387. The highest BCUT2D eigenvalue weighted by Crippen LogP contribution is 2.30. The monoisotopic (exact) mass is 613 g/mol. The number of thiazole rings is 1. The lowest BCUT2D eigenvalue weighted by atomic mass is 9.86. The van der Waals surface area contributed by atoms with Crippen molar-refractivity contribution in [1.29, 1.82) is 0 Å². The van der Waals surface area contributed by atoms with Crippen LogP contribution < -0.4 is 10.1 Å². The maximum atomic E-state index is 14.1. The third kappa shape index (κ3) is 8.09. The number of carbonyl (C=O) groups excluding carboxylic acids is 2. The molecule has 0 radical (unpaired) electrons. The Balaban J connectivity index is 1.45. The number of benzene rings is 2. The van der Waals surface area contributed by atoms with Crippen molar-refractivity contribution in [3.63, 3.8) is 0 Å². The van der Waals surface area contributed by atoms with Crippen molar-refractivity contribution in [3.05, 3.63) is 94.6 Å². The third-order valence-corrected chi connectivity index (χ3v) is 8.92. The van der Waals surface area contributed by atoms with Crippen LogP contribution in [0.5, 0.6) is 5.75 Å². The lowest BCUT2D eigenvalue weighted by Gasteiger charge is -2.36. The van der Waals surface area contributed by atoms with E-state index in [0.29, 0.717) is 23.0 Å². The van der Waals surface area contributed by atoms with Gasteiger partial charge in [0.25, 0.3) is 0 Å². The first-order valence-corrected chi connectivity index (χ1v) is 16.1. The van der Waals surface area contributed by atoms with Crippen LogP contribution in [-0.2, 0) is 16.1 Å². The summed E-state index contributed by atoms with van der Waals surface area (Å²) in [5, 5.41) is 6.39. The van der Waals surface area contributed by atoms with E-state index in [1.54, 1.807) is 36.3 Å². The van der Waals surface area contributed by atoms with Gasteiger partial charge in [-0.15, -0.1) is 11.3 Å². The summed E-state index contributed by atoms with van der Waals surface area (Å²) in [7, 11) is 1.60. The molecule has 0 saturated heterocycles. The zero-order chi connectivity index (χ0) is 30.2. The molecule has 43 heavy (non-hydrogen) atoms. The number of nitrogens with zero attached hydrogens (tertiary/aromatic N) is 4. The Morgan fingerprint density at radius 3 is 2.47 bits per heavy atom. The summed E-state index contributed by atoms with van der Waals surface area (Å²) in [5.74, 6) is 0.393. The molecule has 2 heterocycles. The van der Waals surface area contributed by atoms with E-state index in [9.17, 15) is 9.59 Å². The van der Waals surface area contributed by atoms with Crippen molar-refractivity contribution < 1.29 is 14.3 Å². The molecule has 5 rings (SSSR count). The van der Waals surface area contributed by atoms with Gasteiger partial charge in [0.15, 0.2) is 5.16 Å². The van der Waals surface area contributed by atoms with Crippen LogP contribution in [0, 0.1) is 19.8 Å². The molecule has 0 bridgehead atoms. The Kier molecular flexibility index (Phi) is 10.2. The van der Waals surface area contributed by atoms with Crippen LogP contribution in [0.25, 0.3) is 11.3 Å². The fourth-order valence-electron chi connectivity index (χ4n) is 5.18. The fraction of sp³-hybridized carbons (Fsp3) is 0.303. The van der Waals surface area contributed by atoms with E-state index in [1.165, 1.54) is 23.1 Å². The number of thioether (sulfide) groups is 1. The van der Waals surface area contributed by atoms with Crippen molar-refractivity contribution in [1.82, 2.24) is 19.9 Å². The second-order valence-corrected chi connectivity index (χ2v) is 12.3. The average Bonchev–Trinajstić information content (AvgIpc) is 3.49. The molecular weight excluding hydrogens is 579 g/mol. The van der Waals surface area contributed by atoms with Crippen molar-refractivity contribution in [2.75, 3.05) is 18.2 Å². The lowest BCUT2D eigenvalue weighted by molar-refractivity contribution is -0.139. The standard InChI is InChI=1S/C33H35N5O3S2/c1-22-18-23(2)35-33(34-22)43-21-30(39)38(19-29-37-28(20-42-29)24-10-6-4-7-11-24)31(25-12-8-5-9-13-25)32(40)36-26-14-16-27(41-3)17-15-26/h4-8,10-11,14-18,20,25,31H,9,12-13,19,21H2,1-3H3,(H,36,40)/t25-,31+/m1/s1. The summed E-state index contributed by atoms with van der Waals surface area (Å²) in [6, 6.07) is 18.4. The van der Waals surface area contributed by atoms with Gasteiger partial charge in [-0.25, -0.2) is 15.0 Å². The number of rotatable bonds is 11. The quantitative estimate of drug-likeness (QED) is 0.114. The molecule has 0 unspecified atom stereocenters. The molecule has 8 nitrogen and oxygen atoms in total. The molecule has 2 aromatic carbocycles. The number of hydrogen-bond acceptors (Lipinski definition) is 8. The van der Waals surface area contributed by atoms with Gasteiger partial charge in [0.05, 0.1) is 25.1 Å². The Hall–Kier alpha value is -4.02. The number of carbonyl (C=O) groups is 2. The van der Waals surface area contributed by atoms with Gasteiger partial charge in [-0.2, -0.15) is 0 Å². The smallest absolute Gasteiger partial charge is 0.247 e.